The molecule has 0 radical (unpaired) electrons. The lowest BCUT2D eigenvalue weighted by atomic mass is 10.3. The molecule has 0 amide bonds. The molecule has 0 aliphatic carbocycles. The van der Waals surface area contributed by atoms with Crippen LogP contribution in [0.15, 0.2) is 22.7 Å². The highest BCUT2D eigenvalue weighted by Crippen LogP contribution is 2.24. The molecule has 1 aromatic heterocycles. The first-order chi connectivity index (χ1) is 7.65. The molecule has 0 N–H and O–H groups in total. The number of aromatic nitrogens is 2. The maximum atomic E-state index is 13.3. The van der Waals surface area contributed by atoms with E-state index in [1.54, 1.807) is 12.1 Å². The molecule has 0 aliphatic rings. The number of rotatable bonds is 3. The van der Waals surface area contributed by atoms with Gasteiger partial charge in [0.1, 0.15) is 6.61 Å². The van der Waals surface area contributed by atoms with E-state index in [2.05, 4.69) is 26.1 Å². The van der Waals surface area contributed by atoms with E-state index in [9.17, 15) is 4.39 Å². The van der Waals surface area contributed by atoms with Crippen LogP contribution in [0, 0.1) is 5.82 Å². The van der Waals surface area contributed by atoms with Gasteiger partial charge in [-0.2, -0.15) is 0 Å². The first-order valence-corrected chi connectivity index (χ1v) is 6.19. The Morgan fingerprint density at radius 1 is 1.44 bits per heavy atom. The van der Waals surface area contributed by atoms with Crippen LogP contribution >= 0.6 is 38.9 Å². The summed E-state index contributed by atoms with van der Waals surface area (Å²) in [6.07, 6.45) is 0. The molecule has 0 fully saturated rings. The molecule has 0 saturated heterocycles. The van der Waals surface area contributed by atoms with Gasteiger partial charge in [-0.1, -0.05) is 27.3 Å². The summed E-state index contributed by atoms with van der Waals surface area (Å²) in [6, 6.07) is 4.48. The summed E-state index contributed by atoms with van der Waals surface area (Å²) in [4.78, 5) is 0. The SMILES string of the molecule is Fc1ccc(Br)cc1OCc1nnc(Cl)s1. The second-order valence-corrected chi connectivity index (χ2v) is 5.37. The Bertz CT molecular complexity index is 508. The number of halogens is 3. The lowest BCUT2D eigenvalue weighted by molar-refractivity contribution is 0.288. The summed E-state index contributed by atoms with van der Waals surface area (Å²) in [6.45, 7) is 0.151. The number of hydrogen-bond donors (Lipinski definition) is 0. The first-order valence-electron chi connectivity index (χ1n) is 4.21. The summed E-state index contributed by atoms with van der Waals surface area (Å²) in [5.74, 6) is -0.250. The molecule has 1 aromatic carbocycles. The van der Waals surface area contributed by atoms with Crippen LogP contribution in [0.2, 0.25) is 4.47 Å². The summed E-state index contributed by atoms with van der Waals surface area (Å²) in [5.41, 5.74) is 0. The van der Waals surface area contributed by atoms with Crippen molar-refractivity contribution in [3.05, 3.63) is 38.0 Å². The zero-order valence-corrected chi connectivity index (χ0v) is 10.9. The van der Waals surface area contributed by atoms with Crippen LogP contribution in [0.1, 0.15) is 5.01 Å². The van der Waals surface area contributed by atoms with E-state index in [1.807, 2.05) is 0 Å². The van der Waals surface area contributed by atoms with Gasteiger partial charge in [-0.05, 0) is 29.8 Å². The number of ether oxygens (including phenoxy) is 1. The van der Waals surface area contributed by atoms with Gasteiger partial charge in [0.25, 0.3) is 0 Å². The average Bonchev–Trinajstić information content (AvgIpc) is 2.66. The Morgan fingerprint density at radius 2 is 2.25 bits per heavy atom. The molecule has 16 heavy (non-hydrogen) atoms. The van der Waals surface area contributed by atoms with Gasteiger partial charge in [0.15, 0.2) is 16.6 Å². The normalized spacial score (nSPS) is 10.4. The Kier molecular flexibility index (Phi) is 3.73. The highest BCUT2D eigenvalue weighted by molar-refractivity contribution is 9.10. The van der Waals surface area contributed by atoms with Gasteiger partial charge in [-0.3, -0.25) is 0 Å². The van der Waals surface area contributed by atoms with Crippen molar-refractivity contribution in [1.82, 2.24) is 10.2 Å². The zero-order chi connectivity index (χ0) is 11.5. The summed E-state index contributed by atoms with van der Waals surface area (Å²) < 4.78 is 19.6. The van der Waals surface area contributed by atoms with Gasteiger partial charge >= 0.3 is 0 Å². The summed E-state index contributed by atoms with van der Waals surface area (Å²) >= 11 is 10.0. The predicted molar refractivity (Wildman–Crippen MR) is 63.4 cm³/mol. The minimum atomic E-state index is -0.418. The quantitative estimate of drug-likeness (QED) is 0.864. The molecule has 3 nitrogen and oxygen atoms in total. The second-order valence-electron chi connectivity index (χ2n) is 2.81. The standard InChI is InChI=1S/C9H5BrClFN2OS/c10-5-1-2-6(12)7(3-5)15-4-8-13-14-9(11)16-8/h1-3H,4H2. The van der Waals surface area contributed by atoms with Gasteiger partial charge in [0.2, 0.25) is 4.47 Å². The van der Waals surface area contributed by atoms with E-state index in [-0.39, 0.29) is 12.4 Å². The molecule has 2 aromatic rings. The Hall–Kier alpha value is -0.720. The van der Waals surface area contributed by atoms with Gasteiger partial charge < -0.3 is 4.74 Å². The lowest BCUT2D eigenvalue weighted by Gasteiger charge is -2.04. The van der Waals surface area contributed by atoms with Crippen LogP contribution in [0.5, 0.6) is 5.75 Å². The smallest absolute Gasteiger partial charge is 0.207 e. The van der Waals surface area contributed by atoms with Crippen molar-refractivity contribution in [2.45, 2.75) is 6.61 Å². The van der Waals surface area contributed by atoms with Crippen molar-refractivity contribution in [3.8, 4) is 5.75 Å². The summed E-state index contributed by atoms with van der Waals surface area (Å²) in [7, 11) is 0. The number of hydrogen-bond acceptors (Lipinski definition) is 4. The highest BCUT2D eigenvalue weighted by atomic mass is 79.9. The lowest BCUT2D eigenvalue weighted by Crippen LogP contribution is -1.97. The van der Waals surface area contributed by atoms with E-state index >= 15 is 0 Å². The summed E-state index contributed by atoms with van der Waals surface area (Å²) in [5, 5.41) is 7.98. The van der Waals surface area contributed by atoms with Crippen LogP contribution < -0.4 is 4.74 Å². The second kappa shape index (κ2) is 5.07. The van der Waals surface area contributed by atoms with Gasteiger partial charge in [-0.25, -0.2) is 4.39 Å². The minimum absolute atomic E-state index is 0.151. The van der Waals surface area contributed by atoms with Crippen LogP contribution in [-0.2, 0) is 6.61 Å². The molecule has 0 aliphatic heterocycles. The molecule has 84 valence electrons. The molecule has 2 rings (SSSR count). The Morgan fingerprint density at radius 3 is 2.94 bits per heavy atom. The Balaban J connectivity index is 2.07. The molecule has 0 atom stereocenters. The molecule has 0 spiro atoms. The third-order valence-electron chi connectivity index (χ3n) is 1.69. The third kappa shape index (κ3) is 2.90. The van der Waals surface area contributed by atoms with E-state index in [1.165, 1.54) is 17.4 Å². The van der Waals surface area contributed by atoms with E-state index < -0.39 is 5.82 Å². The Labute approximate surface area is 108 Å². The van der Waals surface area contributed by atoms with Crippen LogP contribution in [-0.4, -0.2) is 10.2 Å². The topological polar surface area (TPSA) is 35.0 Å². The molecule has 7 heteroatoms. The fraction of sp³-hybridized carbons (Fsp3) is 0.111. The molecular formula is C9H5BrClFN2OS. The van der Waals surface area contributed by atoms with Gasteiger partial charge in [0, 0.05) is 4.47 Å². The van der Waals surface area contributed by atoms with Crippen LogP contribution in [0.4, 0.5) is 4.39 Å². The molecule has 0 unspecified atom stereocenters. The predicted octanol–water partition coefficient (Wildman–Crippen LogP) is 3.67. The van der Waals surface area contributed by atoms with E-state index in [4.69, 9.17) is 16.3 Å². The minimum Gasteiger partial charge on any atom is -0.483 e. The van der Waals surface area contributed by atoms with Crippen molar-refractivity contribution in [2.24, 2.45) is 0 Å². The van der Waals surface area contributed by atoms with Crippen molar-refractivity contribution < 1.29 is 9.13 Å². The van der Waals surface area contributed by atoms with Crippen LogP contribution in [0.3, 0.4) is 0 Å². The van der Waals surface area contributed by atoms with Crippen molar-refractivity contribution >= 4 is 38.9 Å². The van der Waals surface area contributed by atoms with Crippen LogP contribution in [0.25, 0.3) is 0 Å². The first kappa shape index (κ1) is 11.8. The van der Waals surface area contributed by atoms with Crippen molar-refractivity contribution in [1.29, 1.82) is 0 Å². The van der Waals surface area contributed by atoms with Gasteiger partial charge in [0.05, 0.1) is 0 Å². The van der Waals surface area contributed by atoms with E-state index in [0.717, 1.165) is 4.47 Å². The highest BCUT2D eigenvalue weighted by Gasteiger charge is 2.07. The van der Waals surface area contributed by atoms with Gasteiger partial charge in [-0.15, -0.1) is 10.2 Å². The fourth-order valence-corrected chi connectivity index (χ4v) is 2.14. The maximum absolute atomic E-state index is 13.3. The van der Waals surface area contributed by atoms with E-state index in [0.29, 0.717) is 9.47 Å². The van der Waals surface area contributed by atoms with Crippen molar-refractivity contribution in [2.75, 3.05) is 0 Å². The average molecular weight is 324 g/mol. The molecular weight excluding hydrogens is 319 g/mol. The third-order valence-corrected chi connectivity index (χ3v) is 3.17. The fourth-order valence-electron chi connectivity index (χ4n) is 1.02. The van der Waals surface area contributed by atoms with Crippen molar-refractivity contribution in [3.63, 3.8) is 0 Å². The maximum Gasteiger partial charge on any atom is 0.207 e. The molecule has 0 bridgehead atoms. The number of benzene rings is 1. The monoisotopic (exact) mass is 322 g/mol. The molecule has 1 heterocycles. The zero-order valence-electron chi connectivity index (χ0n) is 7.78. The largest absolute Gasteiger partial charge is 0.483 e. The number of nitrogens with zero attached hydrogens (tertiary/aromatic N) is 2. The molecule has 0 saturated carbocycles.